The van der Waals surface area contributed by atoms with Crippen LogP contribution in [-0.2, 0) is 4.79 Å². The van der Waals surface area contributed by atoms with Gasteiger partial charge < -0.3 is 14.9 Å². The summed E-state index contributed by atoms with van der Waals surface area (Å²) in [6.45, 7) is 6.61. The van der Waals surface area contributed by atoms with Crippen LogP contribution in [0.1, 0.15) is 39.0 Å². The first-order valence-corrected chi connectivity index (χ1v) is 7.35. The first-order chi connectivity index (χ1) is 8.66. The van der Waals surface area contributed by atoms with E-state index in [9.17, 15) is 9.90 Å². The molecule has 2 rings (SSSR count). The summed E-state index contributed by atoms with van der Waals surface area (Å²) in [6.07, 6.45) is 5.10. The molecule has 1 amide bonds. The second-order valence-electron chi connectivity index (χ2n) is 5.78. The van der Waals surface area contributed by atoms with Crippen molar-refractivity contribution in [2.24, 2.45) is 5.92 Å². The first-order valence-electron chi connectivity index (χ1n) is 7.35. The number of aliphatic hydroxyl groups is 1. The third kappa shape index (κ3) is 3.69. The van der Waals surface area contributed by atoms with Crippen molar-refractivity contribution in [1.82, 2.24) is 9.80 Å². The summed E-state index contributed by atoms with van der Waals surface area (Å²) >= 11 is 0. The molecule has 4 heteroatoms. The molecule has 0 aromatic carbocycles. The van der Waals surface area contributed by atoms with Crippen molar-refractivity contribution in [3.63, 3.8) is 0 Å². The van der Waals surface area contributed by atoms with E-state index in [4.69, 9.17) is 0 Å². The molecule has 1 N–H and O–H groups in total. The maximum atomic E-state index is 12.0. The summed E-state index contributed by atoms with van der Waals surface area (Å²) in [5, 5.41) is 9.55. The van der Waals surface area contributed by atoms with E-state index in [0.29, 0.717) is 18.2 Å². The molecule has 2 heterocycles. The molecule has 0 spiro atoms. The van der Waals surface area contributed by atoms with Gasteiger partial charge in [-0.2, -0.15) is 0 Å². The van der Waals surface area contributed by atoms with Gasteiger partial charge in [-0.15, -0.1) is 0 Å². The molecule has 0 aromatic heterocycles. The van der Waals surface area contributed by atoms with E-state index in [1.807, 2.05) is 11.8 Å². The van der Waals surface area contributed by atoms with Crippen molar-refractivity contribution in [2.75, 3.05) is 32.7 Å². The highest BCUT2D eigenvalue weighted by Crippen LogP contribution is 2.20. The van der Waals surface area contributed by atoms with Crippen molar-refractivity contribution < 1.29 is 9.90 Å². The van der Waals surface area contributed by atoms with Gasteiger partial charge >= 0.3 is 0 Å². The van der Waals surface area contributed by atoms with Gasteiger partial charge in [0.15, 0.2) is 0 Å². The van der Waals surface area contributed by atoms with Crippen LogP contribution in [0.3, 0.4) is 0 Å². The topological polar surface area (TPSA) is 43.8 Å². The minimum atomic E-state index is -0.215. The molecule has 0 aromatic rings. The summed E-state index contributed by atoms with van der Waals surface area (Å²) in [4.78, 5) is 16.4. The Morgan fingerprint density at radius 1 is 1.28 bits per heavy atom. The molecule has 2 fully saturated rings. The molecule has 2 atom stereocenters. The number of amides is 1. The van der Waals surface area contributed by atoms with E-state index in [0.717, 1.165) is 39.1 Å². The molecule has 0 aliphatic carbocycles. The lowest BCUT2D eigenvalue weighted by Crippen LogP contribution is -2.37. The van der Waals surface area contributed by atoms with Crippen LogP contribution in [-0.4, -0.2) is 59.6 Å². The second kappa shape index (κ2) is 6.53. The zero-order chi connectivity index (χ0) is 13.0. The van der Waals surface area contributed by atoms with Crippen LogP contribution >= 0.6 is 0 Å². The van der Waals surface area contributed by atoms with E-state index in [-0.39, 0.29) is 6.10 Å². The smallest absolute Gasteiger partial charge is 0.223 e. The van der Waals surface area contributed by atoms with Gasteiger partial charge in [0.1, 0.15) is 0 Å². The Hall–Kier alpha value is -0.610. The Kier molecular flexibility index (Phi) is 5.01. The van der Waals surface area contributed by atoms with Crippen LogP contribution in [0, 0.1) is 5.92 Å². The van der Waals surface area contributed by atoms with E-state index >= 15 is 0 Å². The van der Waals surface area contributed by atoms with E-state index in [1.165, 1.54) is 19.3 Å². The van der Waals surface area contributed by atoms with Gasteiger partial charge in [0.2, 0.25) is 5.91 Å². The van der Waals surface area contributed by atoms with Crippen LogP contribution < -0.4 is 0 Å². The molecule has 2 aliphatic rings. The number of rotatable bonds is 4. The van der Waals surface area contributed by atoms with Crippen LogP contribution in [0.5, 0.6) is 0 Å². The lowest BCUT2D eigenvalue weighted by Gasteiger charge is -2.27. The summed E-state index contributed by atoms with van der Waals surface area (Å²) in [5.41, 5.74) is 0. The Morgan fingerprint density at radius 3 is 2.61 bits per heavy atom. The minimum Gasteiger partial charge on any atom is -0.393 e. The number of hydrogen-bond acceptors (Lipinski definition) is 3. The molecule has 104 valence electrons. The summed E-state index contributed by atoms with van der Waals surface area (Å²) in [6, 6.07) is 0. The fourth-order valence-electron chi connectivity index (χ4n) is 3.01. The number of piperidine rings is 1. The van der Waals surface area contributed by atoms with Crippen LogP contribution in [0.2, 0.25) is 0 Å². The van der Waals surface area contributed by atoms with Gasteiger partial charge in [0, 0.05) is 32.6 Å². The maximum Gasteiger partial charge on any atom is 0.223 e. The highest BCUT2D eigenvalue weighted by Gasteiger charge is 2.26. The lowest BCUT2D eigenvalue weighted by molar-refractivity contribution is -0.132. The van der Waals surface area contributed by atoms with E-state index in [2.05, 4.69) is 4.90 Å². The van der Waals surface area contributed by atoms with Crippen molar-refractivity contribution >= 4 is 5.91 Å². The van der Waals surface area contributed by atoms with Gasteiger partial charge in [-0.25, -0.2) is 0 Å². The van der Waals surface area contributed by atoms with Crippen molar-refractivity contribution in [1.29, 1.82) is 0 Å². The monoisotopic (exact) mass is 254 g/mol. The zero-order valence-electron chi connectivity index (χ0n) is 11.5. The van der Waals surface area contributed by atoms with Crippen molar-refractivity contribution in [3.05, 3.63) is 0 Å². The van der Waals surface area contributed by atoms with Gasteiger partial charge in [0.05, 0.1) is 6.10 Å². The number of carbonyl (C=O) groups excluding carboxylic acids is 1. The molecule has 4 nitrogen and oxygen atoms in total. The molecule has 18 heavy (non-hydrogen) atoms. The molecule has 0 bridgehead atoms. The largest absolute Gasteiger partial charge is 0.393 e. The Morgan fingerprint density at radius 2 is 2.00 bits per heavy atom. The number of nitrogens with zero attached hydrogens (tertiary/aromatic N) is 2. The van der Waals surface area contributed by atoms with Crippen molar-refractivity contribution in [3.8, 4) is 0 Å². The average Bonchev–Trinajstić information content (AvgIpc) is 2.86. The maximum absolute atomic E-state index is 12.0. The summed E-state index contributed by atoms with van der Waals surface area (Å²) in [5.74, 6) is 0.713. The molecular weight excluding hydrogens is 228 g/mol. The third-order valence-corrected chi connectivity index (χ3v) is 4.34. The summed E-state index contributed by atoms with van der Waals surface area (Å²) in [7, 11) is 0. The fraction of sp³-hybridized carbons (Fsp3) is 0.929. The first kappa shape index (κ1) is 13.8. The Labute approximate surface area is 110 Å². The molecular formula is C14H26N2O2. The molecule has 2 aliphatic heterocycles. The minimum absolute atomic E-state index is 0.215. The van der Waals surface area contributed by atoms with Crippen LogP contribution in [0.4, 0.5) is 0 Å². The van der Waals surface area contributed by atoms with Crippen molar-refractivity contribution in [2.45, 2.75) is 45.1 Å². The van der Waals surface area contributed by atoms with Gasteiger partial charge in [-0.3, -0.25) is 4.79 Å². The fourth-order valence-corrected chi connectivity index (χ4v) is 3.01. The van der Waals surface area contributed by atoms with Gasteiger partial charge in [0.25, 0.3) is 0 Å². The lowest BCUT2D eigenvalue weighted by atomic mass is 10.0. The van der Waals surface area contributed by atoms with E-state index in [1.54, 1.807) is 0 Å². The zero-order valence-corrected chi connectivity index (χ0v) is 11.5. The van der Waals surface area contributed by atoms with Crippen LogP contribution in [0.15, 0.2) is 0 Å². The molecule has 0 radical (unpaired) electrons. The quantitative estimate of drug-likeness (QED) is 0.817. The second-order valence-corrected chi connectivity index (χ2v) is 5.78. The SMILES string of the molecule is CC(O)C1CCN(CCC(=O)N2CCCCC2)C1. The third-order valence-electron chi connectivity index (χ3n) is 4.34. The average molecular weight is 254 g/mol. The predicted molar refractivity (Wildman–Crippen MR) is 71.3 cm³/mol. The standard InChI is InChI=1S/C14H26N2O2/c1-12(17)13-5-9-15(11-13)10-6-14(18)16-7-3-2-4-8-16/h12-13,17H,2-11H2,1H3. The van der Waals surface area contributed by atoms with Gasteiger partial charge in [-0.05, 0) is 45.1 Å². The Balaban J connectivity index is 1.67. The predicted octanol–water partition coefficient (Wildman–Crippen LogP) is 1.09. The Bertz CT molecular complexity index is 275. The number of hydrogen-bond donors (Lipinski definition) is 1. The number of likely N-dealkylation sites (tertiary alicyclic amines) is 2. The molecule has 0 saturated carbocycles. The highest BCUT2D eigenvalue weighted by molar-refractivity contribution is 5.76. The number of aliphatic hydroxyl groups excluding tert-OH is 1. The number of carbonyl (C=O) groups is 1. The normalized spacial score (nSPS) is 27.4. The molecule has 2 saturated heterocycles. The molecule has 2 unspecified atom stereocenters. The van der Waals surface area contributed by atoms with Crippen LogP contribution in [0.25, 0.3) is 0 Å². The summed E-state index contributed by atoms with van der Waals surface area (Å²) < 4.78 is 0. The van der Waals surface area contributed by atoms with Gasteiger partial charge in [-0.1, -0.05) is 0 Å². The highest BCUT2D eigenvalue weighted by atomic mass is 16.3. The van der Waals surface area contributed by atoms with E-state index < -0.39 is 0 Å².